The monoisotopic (exact) mass is 496 g/mol. The van der Waals surface area contributed by atoms with Crippen molar-refractivity contribution in [3.63, 3.8) is 0 Å². The molecule has 192 valence electrons. The highest BCUT2D eigenvalue weighted by Gasteiger charge is 2.38. The summed E-state index contributed by atoms with van der Waals surface area (Å²) in [6, 6.07) is 8.47. The van der Waals surface area contributed by atoms with Crippen molar-refractivity contribution in [3.8, 4) is 0 Å². The molecule has 0 saturated carbocycles. The van der Waals surface area contributed by atoms with E-state index in [1.54, 1.807) is 78.1 Å². The molecule has 1 saturated heterocycles. The maximum atomic E-state index is 13.5. The molecular formula is C26H32N4O6. The second-order valence-electron chi connectivity index (χ2n) is 10.9. The number of rotatable bonds is 1. The van der Waals surface area contributed by atoms with E-state index in [0.717, 1.165) is 0 Å². The van der Waals surface area contributed by atoms with Gasteiger partial charge in [0.05, 0.1) is 24.0 Å². The summed E-state index contributed by atoms with van der Waals surface area (Å²) in [7, 11) is 0. The molecule has 3 amide bonds. The number of amides is 3. The van der Waals surface area contributed by atoms with Gasteiger partial charge in [-0.3, -0.25) is 4.90 Å². The average Bonchev–Trinajstić information content (AvgIpc) is 3.00. The molecule has 2 aliphatic heterocycles. The maximum absolute atomic E-state index is 13.5. The zero-order valence-corrected chi connectivity index (χ0v) is 21.6. The van der Waals surface area contributed by atoms with Crippen LogP contribution in [0.25, 0.3) is 0 Å². The molecule has 10 heteroatoms. The summed E-state index contributed by atoms with van der Waals surface area (Å²) in [6.45, 7) is 12.6. The van der Waals surface area contributed by atoms with Crippen molar-refractivity contribution in [1.82, 2.24) is 10.3 Å². The molecule has 2 unspecified atom stereocenters. The number of hydrogen-bond acceptors (Lipinski definition) is 7. The Morgan fingerprint density at radius 1 is 1.03 bits per heavy atom. The van der Waals surface area contributed by atoms with E-state index in [-0.39, 0.29) is 12.6 Å². The van der Waals surface area contributed by atoms with Crippen LogP contribution in [0.2, 0.25) is 0 Å². The summed E-state index contributed by atoms with van der Waals surface area (Å²) < 4.78 is 16.9. The Morgan fingerprint density at radius 2 is 1.69 bits per heavy atom. The lowest BCUT2D eigenvalue weighted by atomic mass is 10.0. The van der Waals surface area contributed by atoms with Gasteiger partial charge in [-0.25, -0.2) is 24.3 Å². The molecule has 4 rings (SSSR count). The van der Waals surface area contributed by atoms with E-state index in [9.17, 15) is 14.4 Å². The third-order valence-corrected chi connectivity index (χ3v) is 5.49. The molecule has 36 heavy (non-hydrogen) atoms. The minimum atomic E-state index is -0.761. The number of anilines is 3. The number of hydrogen-bond donors (Lipinski definition) is 1. The van der Waals surface area contributed by atoms with Crippen molar-refractivity contribution in [2.24, 2.45) is 0 Å². The third-order valence-electron chi connectivity index (χ3n) is 5.49. The number of carbonyl (C=O) groups is 3. The highest BCUT2D eigenvalue weighted by Crippen LogP contribution is 2.43. The predicted octanol–water partition coefficient (Wildman–Crippen LogP) is 5.58. The number of aromatic nitrogens is 1. The first kappa shape index (κ1) is 25.3. The summed E-state index contributed by atoms with van der Waals surface area (Å²) in [6.07, 6.45) is -0.722. The average molecular weight is 497 g/mol. The van der Waals surface area contributed by atoms with Crippen LogP contribution in [0.5, 0.6) is 0 Å². The highest BCUT2D eigenvalue weighted by molar-refractivity contribution is 6.04. The van der Waals surface area contributed by atoms with Crippen molar-refractivity contribution in [2.75, 3.05) is 9.80 Å². The minimum Gasteiger partial charge on any atom is -0.443 e. The number of nitrogens with one attached hydrogen (secondary N) is 1. The first-order valence-electron chi connectivity index (χ1n) is 11.8. The Balaban J connectivity index is 1.90. The minimum absolute atomic E-state index is 0.103. The van der Waals surface area contributed by atoms with E-state index in [4.69, 9.17) is 14.2 Å². The van der Waals surface area contributed by atoms with Gasteiger partial charge in [-0.05, 0) is 72.2 Å². The van der Waals surface area contributed by atoms with Crippen LogP contribution >= 0.6 is 0 Å². The predicted molar refractivity (Wildman–Crippen MR) is 133 cm³/mol. The molecule has 1 N–H and O–H groups in total. The van der Waals surface area contributed by atoms with Crippen LogP contribution in [0.15, 0.2) is 36.5 Å². The number of ether oxygens (including phenoxy) is 3. The summed E-state index contributed by atoms with van der Waals surface area (Å²) in [4.78, 5) is 46.1. The van der Waals surface area contributed by atoms with Gasteiger partial charge in [-0.2, -0.15) is 0 Å². The lowest BCUT2D eigenvalue weighted by molar-refractivity contribution is 0.0571. The number of carbonyl (C=O) groups excluding carboxylic acids is 3. The standard InChI is InChI=1S/C26H32N4O6/c1-15-20(34-22(31)28-15)16-10-11-18-19(13-16)29(23(32)35-25(2,3)4)14-17-9-8-12-27-21(17)30(18)24(33)36-26(5,6)7/h8-13,15,20H,14H2,1-7H3,(H,28,31). The maximum Gasteiger partial charge on any atom is 0.420 e. The Bertz CT molecular complexity index is 1200. The number of benzene rings is 1. The SMILES string of the molecule is CC1NC(=O)OC1c1ccc2c(c1)N(C(=O)OC(C)(C)C)Cc1cccnc1N2C(=O)OC(C)(C)C. The van der Waals surface area contributed by atoms with Gasteiger partial charge >= 0.3 is 18.3 Å². The van der Waals surface area contributed by atoms with Gasteiger partial charge in [0.25, 0.3) is 0 Å². The van der Waals surface area contributed by atoms with Crippen LogP contribution in [0, 0.1) is 0 Å². The number of nitrogens with zero attached hydrogens (tertiary/aromatic N) is 3. The summed E-state index contributed by atoms with van der Waals surface area (Å²) in [5.74, 6) is 0.356. The normalized spacial score (nSPS) is 19.5. The van der Waals surface area contributed by atoms with Gasteiger partial charge in [0, 0.05) is 11.8 Å². The molecule has 0 spiro atoms. The molecule has 0 aliphatic carbocycles. The van der Waals surface area contributed by atoms with Gasteiger partial charge in [-0.1, -0.05) is 12.1 Å². The molecule has 2 aromatic rings. The first-order valence-corrected chi connectivity index (χ1v) is 11.8. The van der Waals surface area contributed by atoms with E-state index >= 15 is 0 Å². The molecule has 2 aliphatic rings. The summed E-state index contributed by atoms with van der Waals surface area (Å²) in [5.41, 5.74) is 0.582. The molecule has 3 heterocycles. The number of fused-ring (bicyclic) bond motifs is 2. The molecular weight excluding hydrogens is 464 g/mol. The van der Waals surface area contributed by atoms with E-state index in [0.29, 0.717) is 28.3 Å². The van der Waals surface area contributed by atoms with Crippen LogP contribution < -0.4 is 15.1 Å². The number of cyclic esters (lactones) is 1. The van der Waals surface area contributed by atoms with Gasteiger partial charge < -0.3 is 19.5 Å². The van der Waals surface area contributed by atoms with Crippen molar-refractivity contribution in [1.29, 1.82) is 0 Å². The van der Waals surface area contributed by atoms with Crippen LogP contribution in [0.3, 0.4) is 0 Å². The van der Waals surface area contributed by atoms with Crippen molar-refractivity contribution in [3.05, 3.63) is 47.7 Å². The van der Waals surface area contributed by atoms with Gasteiger partial charge in [0.15, 0.2) is 0 Å². The van der Waals surface area contributed by atoms with E-state index in [2.05, 4.69) is 10.3 Å². The van der Waals surface area contributed by atoms with Crippen molar-refractivity contribution in [2.45, 2.75) is 78.4 Å². The van der Waals surface area contributed by atoms with Crippen LogP contribution in [-0.2, 0) is 20.8 Å². The molecule has 1 aromatic heterocycles. The second-order valence-corrected chi connectivity index (χ2v) is 10.9. The summed E-state index contributed by atoms with van der Waals surface area (Å²) >= 11 is 0. The van der Waals surface area contributed by atoms with Crippen molar-refractivity contribution < 1.29 is 28.6 Å². The third kappa shape index (κ3) is 5.22. The molecule has 2 atom stereocenters. The lowest BCUT2D eigenvalue weighted by Gasteiger charge is -2.30. The number of pyridine rings is 1. The van der Waals surface area contributed by atoms with Gasteiger partial charge in [0.2, 0.25) is 0 Å². The second kappa shape index (κ2) is 9.00. The van der Waals surface area contributed by atoms with Gasteiger partial charge in [0.1, 0.15) is 23.1 Å². The van der Waals surface area contributed by atoms with Gasteiger partial charge in [-0.15, -0.1) is 0 Å². The van der Waals surface area contributed by atoms with E-state index in [1.807, 2.05) is 6.92 Å². The number of alkyl carbamates (subject to hydrolysis) is 1. The molecule has 1 fully saturated rings. The Labute approximate surface area is 210 Å². The first-order chi connectivity index (χ1) is 16.7. The highest BCUT2D eigenvalue weighted by atomic mass is 16.6. The topological polar surface area (TPSA) is 110 Å². The smallest absolute Gasteiger partial charge is 0.420 e. The fourth-order valence-corrected chi connectivity index (χ4v) is 4.09. The van der Waals surface area contributed by atoms with Crippen LogP contribution in [-0.4, -0.2) is 40.5 Å². The molecule has 1 aromatic carbocycles. The fourth-order valence-electron chi connectivity index (χ4n) is 4.09. The molecule has 10 nitrogen and oxygen atoms in total. The zero-order valence-electron chi connectivity index (χ0n) is 21.6. The van der Waals surface area contributed by atoms with Crippen molar-refractivity contribution >= 4 is 35.5 Å². The lowest BCUT2D eigenvalue weighted by Crippen LogP contribution is -2.37. The molecule has 0 radical (unpaired) electrons. The Kier molecular flexibility index (Phi) is 6.32. The largest absolute Gasteiger partial charge is 0.443 e. The fraction of sp³-hybridized carbons (Fsp3) is 0.462. The zero-order chi connectivity index (χ0) is 26.4. The van der Waals surface area contributed by atoms with E-state index < -0.39 is 35.6 Å². The Morgan fingerprint density at radius 3 is 2.31 bits per heavy atom. The quantitative estimate of drug-likeness (QED) is 0.513. The Hall–Kier alpha value is -3.82. The molecule has 0 bridgehead atoms. The van der Waals surface area contributed by atoms with Crippen LogP contribution in [0.4, 0.5) is 31.6 Å². The van der Waals surface area contributed by atoms with Crippen LogP contribution in [0.1, 0.15) is 65.7 Å². The summed E-state index contributed by atoms with van der Waals surface area (Å²) in [5, 5.41) is 2.73. The van der Waals surface area contributed by atoms with E-state index in [1.165, 1.54) is 9.80 Å².